The lowest BCUT2D eigenvalue weighted by atomic mass is 10.2. The molecule has 0 saturated heterocycles. The Morgan fingerprint density at radius 3 is 2.89 bits per heavy atom. The summed E-state index contributed by atoms with van der Waals surface area (Å²) in [5.74, 6) is 1.75. The Labute approximate surface area is 107 Å². The summed E-state index contributed by atoms with van der Waals surface area (Å²) < 4.78 is 5.18. The van der Waals surface area contributed by atoms with Crippen molar-refractivity contribution in [3.63, 3.8) is 0 Å². The Hall–Kier alpha value is -2.15. The molecule has 0 fully saturated rings. The minimum Gasteiger partial charge on any atom is -0.338 e. The first-order valence-electron chi connectivity index (χ1n) is 5.28. The van der Waals surface area contributed by atoms with E-state index in [9.17, 15) is 0 Å². The summed E-state index contributed by atoms with van der Waals surface area (Å²) in [7, 11) is 0. The van der Waals surface area contributed by atoms with Gasteiger partial charge in [0.1, 0.15) is 5.03 Å². The van der Waals surface area contributed by atoms with Gasteiger partial charge in [0, 0.05) is 5.56 Å². The van der Waals surface area contributed by atoms with Gasteiger partial charge in [-0.2, -0.15) is 15.3 Å². The molecule has 90 valence electrons. The van der Waals surface area contributed by atoms with Gasteiger partial charge >= 0.3 is 0 Å². The Morgan fingerprint density at radius 1 is 1.22 bits per heavy atom. The number of rotatable bonds is 4. The van der Waals surface area contributed by atoms with E-state index in [1.807, 2.05) is 30.3 Å². The zero-order chi connectivity index (χ0) is 12.2. The van der Waals surface area contributed by atoms with Gasteiger partial charge in [0.2, 0.25) is 11.7 Å². The van der Waals surface area contributed by atoms with Crippen LogP contribution >= 0.6 is 11.8 Å². The van der Waals surface area contributed by atoms with E-state index < -0.39 is 0 Å². The fourth-order valence-electron chi connectivity index (χ4n) is 1.41. The molecule has 1 N–H and O–H groups in total. The van der Waals surface area contributed by atoms with Crippen molar-refractivity contribution in [3.05, 3.63) is 42.4 Å². The van der Waals surface area contributed by atoms with Crippen LogP contribution < -0.4 is 0 Å². The summed E-state index contributed by atoms with van der Waals surface area (Å²) in [4.78, 5) is 4.32. The molecule has 0 aliphatic carbocycles. The minimum atomic E-state index is 0.571. The molecule has 6 nitrogen and oxygen atoms in total. The zero-order valence-corrected chi connectivity index (χ0v) is 10.1. The molecule has 0 spiro atoms. The van der Waals surface area contributed by atoms with E-state index in [1.165, 1.54) is 11.8 Å². The number of nitrogens with zero attached hydrogens (tertiary/aromatic N) is 4. The van der Waals surface area contributed by atoms with Crippen LogP contribution in [0.25, 0.3) is 11.4 Å². The zero-order valence-electron chi connectivity index (χ0n) is 9.28. The molecule has 3 aromatic rings. The summed E-state index contributed by atoms with van der Waals surface area (Å²) in [6.45, 7) is 0. The van der Waals surface area contributed by atoms with Gasteiger partial charge in [-0.3, -0.25) is 0 Å². The van der Waals surface area contributed by atoms with E-state index in [-0.39, 0.29) is 0 Å². The molecule has 3 rings (SSSR count). The van der Waals surface area contributed by atoms with Crippen LogP contribution in [0.5, 0.6) is 0 Å². The van der Waals surface area contributed by atoms with Crippen molar-refractivity contribution in [2.45, 2.75) is 10.8 Å². The van der Waals surface area contributed by atoms with Crippen LogP contribution in [0.2, 0.25) is 0 Å². The van der Waals surface area contributed by atoms with Gasteiger partial charge in [0.05, 0.1) is 11.9 Å². The quantitative estimate of drug-likeness (QED) is 0.723. The van der Waals surface area contributed by atoms with Gasteiger partial charge < -0.3 is 4.52 Å². The fraction of sp³-hybridized carbons (Fsp3) is 0.0909. The SMILES string of the molecule is c1ccc(-c2noc(CSc3cn[nH]n3)n2)cc1. The Kier molecular flexibility index (Phi) is 3.05. The lowest BCUT2D eigenvalue weighted by molar-refractivity contribution is 0.391. The molecular formula is C11H9N5OS. The Morgan fingerprint density at radius 2 is 2.11 bits per heavy atom. The van der Waals surface area contributed by atoms with Crippen molar-refractivity contribution < 1.29 is 4.52 Å². The third kappa shape index (κ3) is 2.40. The molecule has 0 amide bonds. The highest BCUT2D eigenvalue weighted by Crippen LogP contribution is 2.20. The summed E-state index contributed by atoms with van der Waals surface area (Å²) >= 11 is 1.49. The number of hydrogen-bond acceptors (Lipinski definition) is 6. The van der Waals surface area contributed by atoms with Gasteiger partial charge in [0.15, 0.2) is 0 Å². The number of H-pyrrole nitrogens is 1. The normalized spacial score (nSPS) is 10.7. The van der Waals surface area contributed by atoms with Crippen LogP contribution in [0.15, 0.2) is 46.1 Å². The van der Waals surface area contributed by atoms with Gasteiger partial charge in [-0.1, -0.05) is 47.3 Å². The lowest BCUT2D eigenvalue weighted by Crippen LogP contribution is -1.82. The largest absolute Gasteiger partial charge is 0.338 e. The van der Waals surface area contributed by atoms with E-state index in [0.29, 0.717) is 17.5 Å². The van der Waals surface area contributed by atoms with Crippen LogP contribution in [0.4, 0.5) is 0 Å². The molecular weight excluding hydrogens is 250 g/mol. The molecule has 2 heterocycles. The molecule has 0 bridgehead atoms. The molecule has 0 radical (unpaired) electrons. The van der Waals surface area contributed by atoms with Crippen LogP contribution in [0.1, 0.15) is 5.89 Å². The maximum Gasteiger partial charge on any atom is 0.237 e. The van der Waals surface area contributed by atoms with Crippen molar-refractivity contribution in [3.8, 4) is 11.4 Å². The van der Waals surface area contributed by atoms with Crippen molar-refractivity contribution in [1.29, 1.82) is 0 Å². The van der Waals surface area contributed by atoms with Gasteiger partial charge in [-0.15, -0.1) is 5.10 Å². The second-order valence-corrected chi connectivity index (χ2v) is 4.47. The first-order valence-corrected chi connectivity index (χ1v) is 6.27. The number of benzene rings is 1. The summed E-state index contributed by atoms with van der Waals surface area (Å²) in [5.41, 5.74) is 0.943. The molecule has 0 aliphatic heterocycles. The third-order valence-electron chi connectivity index (χ3n) is 2.24. The van der Waals surface area contributed by atoms with Gasteiger partial charge in [-0.25, -0.2) is 0 Å². The maximum absolute atomic E-state index is 5.18. The average Bonchev–Trinajstić information content (AvgIpc) is 3.09. The molecule has 0 atom stereocenters. The molecule has 18 heavy (non-hydrogen) atoms. The summed E-state index contributed by atoms with van der Waals surface area (Å²) in [6, 6.07) is 9.72. The van der Waals surface area contributed by atoms with Crippen LogP contribution in [-0.4, -0.2) is 25.6 Å². The number of hydrogen-bond donors (Lipinski definition) is 1. The lowest BCUT2D eigenvalue weighted by Gasteiger charge is -1.91. The van der Waals surface area contributed by atoms with Crippen LogP contribution in [0.3, 0.4) is 0 Å². The predicted octanol–water partition coefficient (Wildman–Crippen LogP) is 2.15. The van der Waals surface area contributed by atoms with Gasteiger partial charge in [0.25, 0.3) is 0 Å². The number of aromatic nitrogens is 5. The summed E-state index contributed by atoms with van der Waals surface area (Å²) in [5, 5.41) is 15.0. The van der Waals surface area contributed by atoms with Crippen molar-refractivity contribution in [2.75, 3.05) is 0 Å². The predicted molar refractivity (Wildman–Crippen MR) is 65.7 cm³/mol. The highest BCUT2D eigenvalue weighted by atomic mass is 32.2. The number of aromatic amines is 1. The number of thioether (sulfide) groups is 1. The molecule has 0 unspecified atom stereocenters. The third-order valence-corrected chi connectivity index (χ3v) is 3.12. The molecule has 1 aromatic carbocycles. The van der Waals surface area contributed by atoms with Gasteiger partial charge in [-0.05, 0) is 0 Å². The monoisotopic (exact) mass is 259 g/mol. The average molecular weight is 259 g/mol. The fourth-order valence-corrected chi connectivity index (χ4v) is 2.04. The topological polar surface area (TPSA) is 80.5 Å². The highest BCUT2D eigenvalue weighted by Gasteiger charge is 2.09. The van der Waals surface area contributed by atoms with Crippen molar-refractivity contribution >= 4 is 11.8 Å². The molecule has 7 heteroatoms. The van der Waals surface area contributed by atoms with Crippen LogP contribution in [-0.2, 0) is 5.75 Å². The van der Waals surface area contributed by atoms with E-state index in [0.717, 1.165) is 10.6 Å². The summed E-state index contributed by atoms with van der Waals surface area (Å²) in [6.07, 6.45) is 1.65. The van der Waals surface area contributed by atoms with E-state index in [1.54, 1.807) is 6.20 Å². The Balaban J connectivity index is 1.70. The first kappa shape index (κ1) is 11.0. The molecule has 0 aliphatic rings. The maximum atomic E-state index is 5.18. The van der Waals surface area contributed by atoms with Crippen LogP contribution in [0, 0.1) is 0 Å². The highest BCUT2D eigenvalue weighted by molar-refractivity contribution is 7.98. The van der Waals surface area contributed by atoms with Crippen molar-refractivity contribution in [2.24, 2.45) is 0 Å². The standard InChI is InChI=1S/C11H9N5OS/c1-2-4-8(5-3-1)11-13-9(17-15-11)7-18-10-6-12-16-14-10/h1-6H,7H2,(H,12,14,16). The second-order valence-electron chi connectivity index (χ2n) is 3.47. The minimum absolute atomic E-state index is 0.571. The Bertz CT molecular complexity index is 607. The van der Waals surface area contributed by atoms with E-state index >= 15 is 0 Å². The van der Waals surface area contributed by atoms with E-state index in [2.05, 4.69) is 25.6 Å². The molecule has 0 saturated carbocycles. The molecule has 2 aromatic heterocycles. The van der Waals surface area contributed by atoms with Crippen molar-refractivity contribution in [1.82, 2.24) is 25.6 Å². The first-order chi connectivity index (χ1) is 8.92. The number of nitrogens with one attached hydrogen (secondary N) is 1. The second kappa shape index (κ2) is 5.01. The smallest absolute Gasteiger partial charge is 0.237 e. The van der Waals surface area contributed by atoms with E-state index in [4.69, 9.17) is 4.52 Å².